The van der Waals surface area contributed by atoms with Gasteiger partial charge in [-0.15, -0.1) is 0 Å². The van der Waals surface area contributed by atoms with Gasteiger partial charge >= 0.3 is 12.3 Å². The van der Waals surface area contributed by atoms with Crippen LogP contribution in [0.3, 0.4) is 0 Å². The molecule has 1 saturated heterocycles. The molecule has 0 amide bonds. The van der Waals surface area contributed by atoms with Gasteiger partial charge in [0, 0.05) is 12.5 Å². The molecular formula is C21H23F4N2O3+. The minimum atomic E-state index is -4.64. The first kappa shape index (κ1) is 21.9. The second-order valence-corrected chi connectivity index (χ2v) is 6.96. The third kappa shape index (κ3) is 6.35. The maximum atomic E-state index is 13.4. The molecule has 162 valence electrons. The lowest BCUT2D eigenvalue weighted by molar-refractivity contribution is -0.555. The third-order valence-electron chi connectivity index (χ3n) is 4.67. The molecule has 0 aromatic heterocycles. The van der Waals surface area contributed by atoms with E-state index in [1.54, 1.807) is 4.58 Å². The summed E-state index contributed by atoms with van der Waals surface area (Å²) >= 11 is 0. The summed E-state index contributed by atoms with van der Waals surface area (Å²) in [5, 5.41) is 13.5. The molecule has 2 aromatic carbocycles. The van der Waals surface area contributed by atoms with E-state index < -0.39 is 17.6 Å². The summed E-state index contributed by atoms with van der Waals surface area (Å²) in [7, 11) is 0. The van der Waals surface area contributed by atoms with E-state index in [9.17, 15) is 22.7 Å². The van der Waals surface area contributed by atoms with Crippen molar-refractivity contribution in [2.75, 3.05) is 26.2 Å². The van der Waals surface area contributed by atoms with Crippen LogP contribution < -0.4 is 10.1 Å². The quantitative estimate of drug-likeness (QED) is 0.419. The van der Waals surface area contributed by atoms with Crippen molar-refractivity contribution in [2.24, 2.45) is 0 Å². The summed E-state index contributed by atoms with van der Waals surface area (Å²) in [5.74, 6) is -1.17. The van der Waals surface area contributed by atoms with Crippen molar-refractivity contribution in [3.8, 4) is 5.75 Å². The van der Waals surface area contributed by atoms with Crippen molar-refractivity contribution in [2.45, 2.75) is 25.2 Å². The number of nitrogens with one attached hydrogen (secondary N) is 1. The number of hydrogen-bond donors (Lipinski definition) is 2. The molecule has 5 nitrogen and oxygen atoms in total. The Balaban J connectivity index is 1.51. The van der Waals surface area contributed by atoms with Crippen LogP contribution >= 0.6 is 0 Å². The van der Waals surface area contributed by atoms with Gasteiger partial charge in [0.1, 0.15) is 18.2 Å². The molecule has 0 aliphatic carbocycles. The van der Waals surface area contributed by atoms with Crippen LogP contribution in [0.25, 0.3) is 0 Å². The van der Waals surface area contributed by atoms with Gasteiger partial charge in [0.05, 0.1) is 24.8 Å². The van der Waals surface area contributed by atoms with Gasteiger partial charge in [-0.25, -0.2) is 4.39 Å². The molecule has 9 heteroatoms. The van der Waals surface area contributed by atoms with Crippen LogP contribution in [0, 0.1) is 5.82 Å². The van der Waals surface area contributed by atoms with Crippen LogP contribution in [0.5, 0.6) is 5.75 Å². The largest absolute Gasteiger partial charge is 0.547 e. The summed E-state index contributed by atoms with van der Waals surface area (Å²) in [6.07, 6.45) is -4.36. The number of piperazine rings is 1. The van der Waals surface area contributed by atoms with Crippen molar-refractivity contribution in [1.82, 2.24) is 5.32 Å². The number of hydrogen-bond acceptors (Lipinski definition) is 3. The number of aliphatic hydroxyl groups excluding tert-OH is 1. The Morgan fingerprint density at radius 3 is 2.67 bits per heavy atom. The predicted molar refractivity (Wildman–Crippen MR) is 102 cm³/mol. The van der Waals surface area contributed by atoms with Gasteiger partial charge in [0.2, 0.25) is 0 Å². The van der Waals surface area contributed by atoms with Gasteiger partial charge in [-0.05, 0) is 17.7 Å². The van der Waals surface area contributed by atoms with Crippen LogP contribution in [-0.2, 0) is 17.5 Å². The lowest BCUT2D eigenvalue weighted by Crippen LogP contribution is -2.49. The second-order valence-electron chi connectivity index (χ2n) is 6.96. The molecule has 1 atom stereocenters. The average Bonchev–Trinajstić information content (AvgIpc) is 2.72. The predicted octanol–water partition coefficient (Wildman–Crippen LogP) is 3.73. The number of rotatable bonds is 6. The van der Waals surface area contributed by atoms with Gasteiger partial charge in [-0.2, -0.15) is 17.7 Å². The number of ether oxygens (including phenoxy) is 2. The van der Waals surface area contributed by atoms with Crippen molar-refractivity contribution in [3.05, 3.63) is 65.5 Å². The molecule has 2 aromatic rings. The summed E-state index contributed by atoms with van der Waals surface area (Å²) in [6, 6.07) is 11.5. The summed E-state index contributed by atoms with van der Waals surface area (Å²) in [5.41, 5.74) is -0.160. The average molecular weight is 427 g/mol. The van der Waals surface area contributed by atoms with Gasteiger partial charge in [-0.1, -0.05) is 30.3 Å². The van der Waals surface area contributed by atoms with E-state index in [-0.39, 0.29) is 31.1 Å². The van der Waals surface area contributed by atoms with E-state index in [0.29, 0.717) is 32.1 Å². The van der Waals surface area contributed by atoms with E-state index in [1.165, 1.54) is 0 Å². The first-order valence-corrected chi connectivity index (χ1v) is 9.53. The Hall–Kier alpha value is -2.81. The molecular weight excluding hydrogens is 404 g/mol. The minimum Gasteiger partial charge on any atom is -0.493 e. The van der Waals surface area contributed by atoms with E-state index >= 15 is 0 Å². The number of benzene rings is 2. The van der Waals surface area contributed by atoms with Gasteiger partial charge in [0.15, 0.2) is 13.1 Å². The fourth-order valence-corrected chi connectivity index (χ4v) is 3.13. The van der Waals surface area contributed by atoms with Crippen molar-refractivity contribution in [1.29, 1.82) is 0 Å². The van der Waals surface area contributed by atoms with Crippen molar-refractivity contribution < 1.29 is 36.7 Å². The van der Waals surface area contributed by atoms with E-state index in [4.69, 9.17) is 9.47 Å². The summed E-state index contributed by atoms with van der Waals surface area (Å²) in [6.45, 7) is 1.93. The number of aliphatic hydroxyl groups is 1. The van der Waals surface area contributed by atoms with Crippen LogP contribution in [0.1, 0.15) is 17.5 Å². The zero-order valence-electron chi connectivity index (χ0n) is 16.2. The lowest BCUT2D eigenvalue weighted by atomic mass is 10.1. The third-order valence-corrected chi connectivity index (χ3v) is 4.67. The second kappa shape index (κ2) is 9.80. The molecule has 0 bridgehead atoms. The Morgan fingerprint density at radius 2 is 1.93 bits per heavy atom. The summed E-state index contributed by atoms with van der Waals surface area (Å²) < 4.78 is 64.2. The van der Waals surface area contributed by atoms with E-state index in [1.807, 2.05) is 30.3 Å². The number of alkyl halides is 3. The van der Waals surface area contributed by atoms with Gasteiger partial charge in [0.25, 0.3) is 0 Å². The highest BCUT2D eigenvalue weighted by molar-refractivity contribution is 5.58. The molecule has 30 heavy (non-hydrogen) atoms. The SMILES string of the molecule is OC(OCc1ccccc1)=[N+]1CCN[C@H](CCOc2cc(F)cc(C(F)(F)F)c2)C1. The van der Waals surface area contributed by atoms with Gasteiger partial charge < -0.3 is 19.9 Å². The highest BCUT2D eigenvalue weighted by Gasteiger charge is 2.32. The summed E-state index contributed by atoms with van der Waals surface area (Å²) in [4.78, 5) is 0. The minimum absolute atomic E-state index is 0.0723. The molecule has 1 aliphatic heterocycles. The maximum absolute atomic E-state index is 13.4. The molecule has 1 aliphatic rings. The van der Waals surface area contributed by atoms with Gasteiger partial charge in [-0.3, -0.25) is 0 Å². The van der Waals surface area contributed by atoms with E-state index in [0.717, 1.165) is 17.7 Å². The molecule has 0 saturated carbocycles. The Bertz CT molecular complexity index is 872. The van der Waals surface area contributed by atoms with E-state index in [2.05, 4.69) is 5.32 Å². The fraction of sp³-hybridized carbons (Fsp3) is 0.381. The molecule has 2 N–H and O–H groups in total. The highest BCUT2D eigenvalue weighted by Crippen LogP contribution is 2.32. The van der Waals surface area contributed by atoms with Crippen molar-refractivity contribution in [3.63, 3.8) is 0 Å². The highest BCUT2D eigenvalue weighted by atomic mass is 19.4. The molecule has 0 spiro atoms. The molecule has 0 radical (unpaired) electrons. The Morgan fingerprint density at radius 1 is 1.17 bits per heavy atom. The monoisotopic (exact) mass is 427 g/mol. The van der Waals surface area contributed by atoms with Crippen LogP contribution in [0.4, 0.5) is 17.6 Å². The zero-order chi connectivity index (χ0) is 21.6. The van der Waals surface area contributed by atoms with Crippen LogP contribution in [0.15, 0.2) is 48.5 Å². The Labute approximate surface area is 171 Å². The molecule has 3 rings (SSSR count). The standard InChI is InChI=1S/C21H22F4N2O3/c22-17-10-16(21(23,24)25)11-19(12-17)29-9-6-18-13-27(8-7-26-18)20(28)30-14-15-4-2-1-3-5-15/h1-5,10-12,18,26H,6-9,13-14H2/p+1/t18-/m1/s1. The first-order chi connectivity index (χ1) is 14.3. The smallest absolute Gasteiger partial charge is 0.493 e. The topological polar surface area (TPSA) is 53.7 Å². The zero-order valence-corrected chi connectivity index (χ0v) is 16.2. The number of nitrogens with zero attached hydrogens (tertiary/aromatic N) is 1. The van der Waals surface area contributed by atoms with Crippen LogP contribution in [0.2, 0.25) is 0 Å². The first-order valence-electron chi connectivity index (χ1n) is 9.53. The molecule has 1 heterocycles. The Kier molecular flexibility index (Phi) is 7.15. The normalized spacial score (nSPS) is 18.7. The molecule has 1 fully saturated rings. The lowest BCUT2D eigenvalue weighted by Gasteiger charge is -2.22. The van der Waals surface area contributed by atoms with Crippen LogP contribution in [-0.4, -0.2) is 48.0 Å². The van der Waals surface area contributed by atoms with Crippen molar-refractivity contribution >= 4 is 6.08 Å². The number of halogens is 4. The maximum Gasteiger partial charge on any atom is 0.547 e. The fourth-order valence-electron chi connectivity index (χ4n) is 3.13. The molecule has 0 unspecified atom stereocenters.